The first-order chi connectivity index (χ1) is 8.15. The summed E-state index contributed by atoms with van der Waals surface area (Å²) >= 11 is 0. The number of hydrogen-bond donors (Lipinski definition) is 2. The standard InChI is InChI=1S/C11H22N2O4/c1-3-16-10(14)9(7-5-6-8-12)13-11(15)17-4-2/h9H,3-8,12H2,1-2H3,(H,13,15). The Labute approximate surface area is 102 Å². The van der Waals surface area contributed by atoms with Gasteiger partial charge in [-0.3, -0.25) is 0 Å². The Bertz CT molecular complexity index is 234. The zero-order valence-electron chi connectivity index (χ0n) is 10.5. The third-order valence-electron chi connectivity index (χ3n) is 2.09. The molecule has 0 fully saturated rings. The van der Waals surface area contributed by atoms with E-state index in [-0.39, 0.29) is 13.2 Å². The Hall–Kier alpha value is -1.30. The Morgan fingerprint density at radius 1 is 1.18 bits per heavy atom. The summed E-state index contributed by atoms with van der Waals surface area (Å²) in [6.45, 7) is 4.54. The molecule has 0 heterocycles. The van der Waals surface area contributed by atoms with E-state index in [4.69, 9.17) is 15.2 Å². The number of carbonyl (C=O) groups is 2. The van der Waals surface area contributed by atoms with Crippen molar-refractivity contribution in [1.82, 2.24) is 5.32 Å². The van der Waals surface area contributed by atoms with Crippen LogP contribution in [0.3, 0.4) is 0 Å². The molecular formula is C11H22N2O4. The smallest absolute Gasteiger partial charge is 0.407 e. The van der Waals surface area contributed by atoms with Gasteiger partial charge in [0.05, 0.1) is 13.2 Å². The van der Waals surface area contributed by atoms with Gasteiger partial charge in [0.15, 0.2) is 0 Å². The van der Waals surface area contributed by atoms with Gasteiger partial charge in [-0.15, -0.1) is 0 Å². The van der Waals surface area contributed by atoms with E-state index >= 15 is 0 Å². The zero-order chi connectivity index (χ0) is 13.1. The molecule has 17 heavy (non-hydrogen) atoms. The molecule has 0 aromatic rings. The molecule has 1 unspecified atom stereocenters. The van der Waals surface area contributed by atoms with Crippen molar-refractivity contribution in [2.75, 3.05) is 19.8 Å². The van der Waals surface area contributed by atoms with Gasteiger partial charge in [-0.25, -0.2) is 9.59 Å². The maximum absolute atomic E-state index is 11.6. The van der Waals surface area contributed by atoms with Crippen molar-refractivity contribution in [3.8, 4) is 0 Å². The summed E-state index contributed by atoms with van der Waals surface area (Å²) < 4.78 is 9.60. The first-order valence-corrected chi connectivity index (χ1v) is 5.95. The Morgan fingerprint density at radius 3 is 2.35 bits per heavy atom. The SMILES string of the molecule is CCOC(=O)NC(CCCCN)C(=O)OCC. The van der Waals surface area contributed by atoms with Crippen molar-refractivity contribution < 1.29 is 19.1 Å². The molecular weight excluding hydrogens is 224 g/mol. The number of carbonyl (C=O) groups excluding carboxylic acids is 2. The fraction of sp³-hybridized carbons (Fsp3) is 0.818. The molecule has 0 bridgehead atoms. The Morgan fingerprint density at radius 2 is 1.82 bits per heavy atom. The average Bonchev–Trinajstić information content (AvgIpc) is 2.28. The van der Waals surface area contributed by atoms with Crippen LogP contribution in [0.15, 0.2) is 0 Å². The molecule has 0 spiro atoms. The van der Waals surface area contributed by atoms with E-state index in [0.717, 1.165) is 12.8 Å². The van der Waals surface area contributed by atoms with E-state index in [9.17, 15) is 9.59 Å². The molecule has 0 aromatic carbocycles. The van der Waals surface area contributed by atoms with E-state index in [1.54, 1.807) is 13.8 Å². The van der Waals surface area contributed by atoms with Crippen LogP contribution in [-0.2, 0) is 14.3 Å². The van der Waals surface area contributed by atoms with Crippen molar-refractivity contribution in [2.24, 2.45) is 5.73 Å². The number of hydrogen-bond acceptors (Lipinski definition) is 5. The molecule has 0 rings (SSSR count). The number of esters is 1. The van der Waals surface area contributed by atoms with Crippen LogP contribution in [0.2, 0.25) is 0 Å². The summed E-state index contributed by atoms with van der Waals surface area (Å²) in [5, 5.41) is 2.48. The second-order valence-corrected chi connectivity index (χ2v) is 3.45. The highest BCUT2D eigenvalue weighted by Crippen LogP contribution is 2.03. The van der Waals surface area contributed by atoms with Crippen molar-refractivity contribution >= 4 is 12.1 Å². The van der Waals surface area contributed by atoms with Gasteiger partial charge in [-0.05, 0) is 39.7 Å². The summed E-state index contributed by atoms with van der Waals surface area (Å²) in [6, 6.07) is -0.652. The quantitative estimate of drug-likeness (QED) is 0.488. The van der Waals surface area contributed by atoms with Crippen LogP contribution in [0.25, 0.3) is 0 Å². The first kappa shape index (κ1) is 15.7. The van der Waals surface area contributed by atoms with Crippen LogP contribution in [-0.4, -0.2) is 37.9 Å². The molecule has 0 aliphatic rings. The third kappa shape index (κ3) is 7.57. The molecule has 0 aliphatic carbocycles. The van der Waals surface area contributed by atoms with Gasteiger partial charge in [0, 0.05) is 0 Å². The number of nitrogens with two attached hydrogens (primary N) is 1. The molecule has 6 heteroatoms. The summed E-state index contributed by atoms with van der Waals surface area (Å²) in [6.07, 6.45) is 1.47. The molecule has 1 amide bonds. The maximum atomic E-state index is 11.6. The zero-order valence-corrected chi connectivity index (χ0v) is 10.5. The predicted octanol–water partition coefficient (Wildman–Crippen LogP) is 0.793. The van der Waals surface area contributed by atoms with Gasteiger partial charge >= 0.3 is 12.1 Å². The summed E-state index contributed by atoms with van der Waals surface area (Å²) in [4.78, 5) is 22.8. The largest absolute Gasteiger partial charge is 0.464 e. The summed E-state index contributed by atoms with van der Waals surface area (Å²) in [5.74, 6) is -0.433. The number of unbranched alkanes of at least 4 members (excludes halogenated alkanes) is 1. The van der Waals surface area contributed by atoms with Crippen LogP contribution >= 0.6 is 0 Å². The van der Waals surface area contributed by atoms with E-state index < -0.39 is 18.1 Å². The maximum Gasteiger partial charge on any atom is 0.407 e. The van der Waals surface area contributed by atoms with Gasteiger partial charge in [0.1, 0.15) is 6.04 Å². The highest BCUT2D eigenvalue weighted by Gasteiger charge is 2.21. The van der Waals surface area contributed by atoms with Crippen molar-refractivity contribution in [3.63, 3.8) is 0 Å². The molecule has 1 atom stereocenters. The van der Waals surface area contributed by atoms with Crippen LogP contribution in [0.5, 0.6) is 0 Å². The highest BCUT2D eigenvalue weighted by molar-refractivity contribution is 5.81. The monoisotopic (exact) mass is 246 g/mol. The molecule has 0 saturated carbocycles. The number of alkyl carbamates (subject to hydrolysis) is 1. The molecule has 3 N–H and O–H groups in total. The lowest BCUT2D eigenvalue weighted by molar-refractivity contribution is -0.145. The first-order valence-electron chi connectivity index (χ1n) is 5.95. The lowest BCUT2D eigenvalue weighted by Crippen LogP contribution is -2.42. The Balaban J connectivity index is 4.18. The molecule has 0 aromatic heterocycles. The average molecular weight is 246 g/mol. The summed E-state index contributed by atoms with van der Waals surface area (Å²) in [5.41, 5.74) is 5.37. The fourth-order valence-electron chi connectivity index (χ4n) is 1.30. The van der Waals surface area contributed by atoms with Gasteiger partial charge < -0.3 is 20.5 Å². The van der Waals surface area contributed by atoms with Crippen LogP contribution < -0.4 is 11.1 Å². The number of ether oxygens (including phenoxy) is 2. The number of rotatable bonds is 8. The molecule has 0 saturated heterocycles. The minimum Gasteiger partial charge on any atom is -0.464 e. The van der Waals surface area contributed by atoms with E-state index in [1.165, 1.54) is 0 Å². The van der Waals surface area contributed by atoms with Gasteiger partial charge in [-0.2, -0.15) is 0 Å². The lowest BCUT2D eigenvalue weighted by atomic mass is 10.1. The van der Waals surface area contributed by atoms with Gasteiger partial charge in [0.2, 0.25) is 0 Å². The minimum absolute atomic E-state index is 0.268. The second-order valence-electron chi connectivity index (χ2n) is 3.45. The van der Waals surface area contributed by atoms with Crippen molar-refractivity contribution in [2.45, 2.75) is 39.2 Å². The second kappa shape index (κ2) is 9.89. The normalized spacial score (nSPS) is 11.7. The van der Waals surface area contributed by atoms with Gasteiger partial charge in [-0.1, -0.05) is 0 Å². The summed E-state index contributed by atoms with van der Waals surface area (Å²) in [7, 11) is 0. The molecule has 6 nitrogen and oxygen atoms in total. The van der Waals surface area contributed by atoms with E-state index in [0.29, 0.717) is 13.0 Å². The minimum atomic E-state index is -0.652. The van der Waals surface area contributed by atoms with Crippen LogP contribution in [0.1, 0.15) is 33.1 Å². The number of amides is 1. The topological polar surface area (TPSA) is 90.6 Å². The molecule has 0 aliphatic heterocycles. The Kier molecular flexibility index (Phi) is 9.14. The fourth-order valence-corrected chi connectivity index (χ4v) is 1.30. The van der Waals surface area contributed by atoms with E-state index in [1.807, 2.05) is 0 Å². The van der Waals surface area contributed by atoms with Gasteiger partial charge in [0.25, 0.3) is 0 Å². The predicted molar refractivity (Wildman–Crippen MR) is 63.5 cm³/mol. The highest BCUT2D eigenvalue weighted by atomic mass is 16.6. The van der Waals surface area contributed by atoms with Crippen molar-refractivity contribution in [1.29, 1.82) is 0 Å². The number of nitrogens with one attached hydrogen (secondary N) is 1. The third-order valence-corrected chi connectivity index (χ3v) is 2.09. The van der Waals surface area contributed by atoms with Crippen LogP contribution in [0.4, 0.5) is 4.79 Å². The van der Waals surface area contributed by atoms with Crippen LogP contribution in [0, 0.1) is 0 Å². The van der Waals surface area contributed by atoms with Crippen molar-refractivity contribution in [3.05, 3.63) is 0 Å². The van der Waals surface area contributed by atoms with E-state index in [2.05, 4.69) is 5.32 Å². The molecule has 100 valence electrons. The molecule has 0 radical (unpaired) electrons. The lowest BCUT2D eigenvalue weighted by Gasteiger charge is -2.16.